The Hall–Kier alpha value is -3.35. The molecule has 1 aromatic heterocycles. The van der Waals surface area contributed by atoms with Gasteiger partial charge >= 0.3 is 5.69 Å². The minimum atomic E-state index is -0.757. The van der Waals surface area contributed by atoms with E-state index in [9.17, 15) is 19.7 Å². The van der Waals surface area contributed by atoms with Crippen molar-refractivity contribution < 1.29 is 4.39 Å². The number of halogens is 2. The summed E-state index contributed by atoms with van der Waals surface area (Å²) < 4.78 is 16.3. The third-order valence-corrected chi connectivity index (χ3v) is 3.92. The molecular weight excluding hydrogens is 343 g/mol. The van der Waals surface area contributed by atoms with Gasteiger partial charge < -0.3 is 0 Å². The predicted molar refractivity (Wildman–Crippen MR) is 90.0 cm³/mol. The second-order valence-electron chi connectivity index (χ2n) is 5.21. The first-order chi connectivity index (χ1) is 12.1. The molecule has 0 aliphatic carbocycles. The van der Waals surface area contributed by atoms with Crippen molar-refractivity contribution in [1.29, 1.82) is 10.5 Å². The quantitative estimate of drug-likeness (QED) is 0.726. The van der Waals surface area contributed by atoms with Gasteiger partial charge in [-0.15, -0.1) is 0 Å². The lowest BCUT2D eigenvalue weighted by molar-refractivity contribution is 0.613. The number of nitrogens with zero attached hydrogens (tertiary/aromatic N) is 4. The Kier molecular flexibility index (Phi) is 4.38. The molecule has 1 heterocycles. The van der Waals surface area contributed by atoms with Gasteiger partial charge in [-0.3, -0.25) is 4.57 Å². The molecule has 3 rings (SSSR count). The van der Waals surface area contributed by atoms with Crippen LogP contribution in [0.25, 0.3) is 5.69 Å². The maximum absolute atomic E-state index is 14.3. The minimum Gasteiger partial charge on any atom is -0.277 e. The summed E-state index contributed by atoms with van der Waals surface area (Å²) in [6.45, 7) is 0.0967. The highest BCUT2D eigenvalue weighted by atomic mass is 35.5. The lowest BCUT2D eigenvalue weighted by Gasteiger charge is -2.05. The van der Waals surface area contributed by atoms with Gasteiger partial charge in [0.1, 0.15) is 18.0 Å². The van der Waals surface area contributed by atoms with E-state index in [1.807, 2.05) is 18.2 Å². The topological polar surface area (TPSA) is 74.5 Å². The van der Waals surface area contributed by atoms with Crippen LogP contribution in [0, 0.1) is 28.5 Å². The van der Waals surface area contributed by atoms with E-state index in [2.05, 4.69) is 0 Å². The fourth-order valence-corrected chi connectivity index (χ4v) is 2.72. The molecule has 7 heteroatoms. The van der Waals surface area contributed by atoms with E-state index in [0.717, 1.165) is 20.8 Å². The monoisotopic (exact) mass is 352 g/mol. The number of nitriles is 2. The van der Waals surface area contributed by atoms with Gasteiger partial charge in [-0.2, -0.15) is 10.5 Å². The summed E-state index contributed by atoms with van der Waals surface area (Å²) >= 11 is 5.74. The van der Waals surface area contributed by atoms with Crippen LogP contribution in [0.5, 0.6) is 0 Å². The summed E-state index contributed by atoms with van der Waals surface area (Å²) in [5.41, 5.74) is -0.359. The number of imidazole rings is 1. The first-order valence-corrected chi connectivity index (χ1v) is 7.59. The van der Waals surface area contributed by atoms with Gasteiger partial charge in [0.05, 0.1) is 12.2 Å². The zero-order valence-corrected chi connectivity index (χ0v) is 13.5. The van der Waals surface area contributed by atoms with E-state index >= 15 is 0 Å². The Morgan fingerprint density at radius 2 is 1.72 bits per heavy atom. The first kappa shape index (κ1) is 16.5. The summed E-state index contributed by atoms with van der Waals surface area (Å²) in [5.74, 6) is -0.757. The molecule has 122 valence electrons. The van der Waals surface area contributed by atoms with Crippen LogP contribution >= 0.6 is 11.6 Å². The van der Waals surface area contributed by atoms with E-state index < -0.39 is 11.5 Å². The fraction of sp³-hybridized carbons (Fsp3) is 0.0556. The Labute approximate surface area is 147 Å². The van der Waals surface area contributed by atoms with Crippen molar-refractivity contribution in [1.82, 2.24) is 9.13 Å². The summed E-state index contributed by atoms with van der Waals surface area (Å²) in [6, 6.07) is 16.5. The second kappa shape index (κ2) is 6.64. The highest BCUT2D eigenvalue weighted by molar-refractivity contribution is 6.30. The molecule has 0 aliphatic rings. The molecule has 0 unspecified atom stereocenters. The average molecular weight is 353 g/mol. The van der Waals surface area contributed by atoms with Crippen molar-refractivity contribution in [2.75, 3.05) is 0 Å². The maximum Gasteiger partial charge on any atom is 0.335 e. The molecule has 5 nitrogen and oxygen atoms in total. The van der Waals surface area contributed by atoms with Crippen molar-refractivity contribution in [2.45, 2.75) is 6.54 Å². The van der Waals surface area contributed by atoms with Crippen molar-refractivity contribution >= 4 is 11.6 Å². The summed E-state index contributed by atoms with van der Waals surface area (Å²) in [5, 5.41) is 19.0. The van der Waals surface area contributed by atoms with Crippen LogP contribution in [0.1, 0.15) is 17.0 Å². The lowest BCUT2D eigenvalue weighted by Crippen LogP contribution is -2.25. The van der Waals surface area contributed by atoms with Gasteiger partial charge in [-0.25, -0.2) is 13.8 Å². The van der Waals surface area contributed by atoms with Crippen LogP contribution in [0.2, 0.25) is 5.02 Å². The van der Waals surface area contributed by atoms with E-state index in [0.29, 0.717) is 0 Å². The molecule has 0 saturated carbocycles. The largest absolute Gasteiger partial charge is 0.335 e. The van der Waals surface area contributed by atoms with Crippen LogP contribution in [0.4, 0.5) is 4.39 Å². The van der Waals surface area contributed by atoms with Crippen LogP contribution in [0.3, 0.4) is 0 Å². The number of hydrogen-bond donors (Lipinski definition) is 0. The standard InChI is InChI=1S/C18H10ClFN4O/c19-13-6-7-15(14(20)8-13)24-17(10-22)16(9-21)23(18(24)25)11-12-4-2-1-3-5-12/h1-8H,11H2. The molecule has 0 aliphatic heterocycles. The van der Waals surface area contributed by atoms with Gasteiger partial charge in [0.2, 0.25) is 0 Å². The molecule has 0 radical (unpaired) electrons. The van der Waals surface area contributed by atoms with Crippen molar-refractivity contribution in [3.63, 3.8) is 0 Å². The van der Waals surface area contributed by atoms with Crippen LogP contribution in [0.15, 0.2) is 53.3 Å². The molecule has 0 spiro atoms. The van der Waals surface area contributed by atoms with E-state index in [-0.39, 0.29) is 28.6 Å². The van der Waals surface area contributed by atoms with Crippen LogP contribution < -0.4 is 5.69 Å². The summed E-state index contributed by atoms with van der Waals surface area (Å²) in [6.07, 6.45) is 0. The molecule has 0 atom stereocenters. The molecule has 3 aromatic rings. The Morgan fingerprint density at radius 1 is 1.04 bits per heavy atom. The Balaban J connectivity index is 2.26. The third-order valence-electron chi connectivity index (χ3n) is 3.69. The molecule has 0 amide bonds. The molecule has 0 N–H and O–H groups in total. The average Bonchev–Trinajstić information content (AvgIpc) is 2.87. The maximum atomic E-state index is 14.3. The van der Waals surface area contributed by atoms with Gasteiger partial charge in [-0.1, -0.05) is 41.9 Å². The minimum absolute atomic E-state index is 0.0967. The zero-order chi connectivity index (χ0) is 18.0. The summed E-state index contributed by atoms with van der Waals surface area (Å²) in [4.78, 5) is 12.8. The molecule has 0 bridgehead atoms. The van der Waals surface area contributed by atoms with E-state index in [4.69, 9.17) is 11.6 Å². The Morgan fingerprint density at radius 3 is 2.32 bits per heavy atom. The van der Waals surface area contributed by atoms with E-state index in [1.165, 1.54) is 12.1 Å². The van der Waals surface area contributed by atoms with Gasteiger partial charge in [0.15, 0.2) is 11.4 Å². The molecule has 0 fully saturated rings. The fourth-order valence-electron chi connectivity index (χ4n) is 2.56. The van der Waals surface area contributed by atoms with Crippen LogP contribution in [-0.4, -0.2) is 9.13 Å². The van der Waals surface area contributed by atoms with Crippen molar-refractivity contribution in [2.24, 2.45) is 0 Å². The number of hydrogen-bond acceptors (Lipinski definition) is 3. The molecule has 2 aromatic carbocycles. The normalized spacial score (nSPS) is 10.2. The van der Waals surface area contributed by atoms with Gasteiger partial charge in [0.25, 0.3) is 0 Å². The smallest absolute Gasteiger partial charge is 0.277 e. The van der Waals surface area contributed by atoms with E-state index in [1.54, 1.807) is 24.3 Å². The van der Waals surface area contributed by atoms with Gasteiger partial charge in [-0.05, 0) is 23.8 Å². The highest BCUT2D eigenvalue weighted by Gasteiger charge is 2.23. The molecule has 0 saturated heterocycles. The zero-order valence-electron chi connectivity index (χ0n) is 12.8. The third kappa shape index (κ3) is 2.91. The predicted octanol–water partition coefficient (Wildman–Crippen LogP) is 3.22. The lowest BCUT2D eigenvalue weighted by atomic mass is 10.2. The summed E-state index contributed by atoms with van der Waals surface area (Å²) in [7, 11) is 0. The van der Waals surface area contributed by atoms with Crippen LogP contribution in [-0.2, 0) is 6.54 Å². The molecule has 25 heavy (non-hydrogen) atoms. The second-order valence-corrected chi connectivity index (χ2v) is 5.64. The Bertz CT molecular complexity index is 1090. The van der Waals surface area contributed by atoms with Gasteiger partial charge in [0, 0.05) is 5.02 Å². The van der Waals surface area contributed by atoms with Crippen molar-refractivity contribution in [3.05, 3.63) is 86.8 Å². The number of benzene rings is 2. The molecular formula is C18H10ClFN4O. The number of rotatable bonds is 3. The SMILES string of the molecule is N#Cc1c(C#N)n(-c2ccc(Cl)cc2F)c(=O)n1Cc1ccccc1. The first-order valence-electron chi connectivity index (χ1n) is 7.22. The van der Waals surface area contributed by atoms with Crippen molar-refractivity contribution in [3.8, 4) is 17.8 Å². The highest BCUT2D eigenvalue weighted by Crippen LogP contribution is 2.20. The number of aromatic nitrogens is 2.